The van der Waals surface area contributed by atoms with E-state index in [2.05, 4.69) is 118 Å². The fourth-order valence-electron chi connectivity index (χ4n) is 6.41. The third-order valence-corrected chi connectivity index (χ3v) is 7.99. The lowest BCUT2D eigenvalue weighted by atomic mass is 9.78. The second kappa shape index (κ2) is 9.45. The maximum atomic E-state index is 9.41. The van der Waals surface area contributed by atoms with Crippen LogP contribution in [0.2, 0.25) is 0 Å². The van der Waals surface area contributed by atoms with E-state index in [1.165, 1.54) is 22.3 Å². The highest BCUT2D eigenvalue weighted by Crippen LogP contribution is 2.56. The van der Waals surface area contributed by atoms with Crippen LogP contribution in [0.15, 0.2) is 84.9 Å². The summed E-state index contributed by atoms with van der Waals surface area (Å²) in [5.74, 6) is -1.69. The van der Waals surface area contributed by atoms with Crippen molar-refractivity contribution in [2.45, 2.75) is 85.1 Å². The molecule has 0 spiro atoms. The van der Waals surface area contributed by atoms with Crippen LogP contribution in [0, 0.1) is 0 Å². The van der Waals surface area contributed by atoms with Crippen molar-refractivity contribution in [2.75, 3.05) is 4.90 Å². The maximum absolute atomic E-state index is 9.41. The molecule has 0 aromatic heterocycles. The number of fused-ring (bicyclic) bond motifs is 3. The van der Waals surface area contributed by atoms with Gasteiger partial charge in [-0.2, -0.15) is 0 Å². The molecule has 1 heteroatoms. The molecular weight excluding hydrogens is 458 g/mol. The Labute approximate surface area is 233 Å². The summed E-state index contributed by atoms with van der Waals surface area (Å²) in [7, 11) is 0. The quantitative estimate of drug-likeness (QED) is 0.262. The highest BCUT2D eigenvalue weighted by atomic mass is 15.2. The normalized spacial score (nSPS) is 15.4. The lowest BCUT2D eigenvalue weighted by Gasteiger charge is -2.44. The Kier molecular flexibility index (Phi) is 5.91. The van der Waals surface area contributed by atoms with E-state index in [0.717, 1.165) is 33.6 Å². The summed E-state index contributed by atoms with van der Waals surface area (Å²) in [5.41, 5.74) is 10.8. The standard InChI is InChI=1S/C37H43N/c1-24(2)27-22-23-30-29-18-13-14-20-31(29)37(8,9)34(30)35(27)38(36(5,6)7)32-21-15-19-28(33(32)25(3)4)26-16-11-10-12-17-26/h10-25H,1-9H3/i24D,25D. The average Bonchev–Trinajstić information content (AvgIpc) is 3.10. The zero-order valence-electron chi connectivity index (χ0n) is 26.5. The van der Waals surface area contributed by atoms with Gasteiger partial charge in [-0.25, -0.2) is 0 Å². The first-order chi connectivity index (χ1) is 18.5. The van der Waals surface area contributed by atoms with Gasteiger partial charge in [0.15, 0.2) is 0 Å². The largest absolute Gasteiger partial charge is 0.335 e. The van der Waals surface area contributed by atoms with Gasteiger partial charge in [0.1, 0.15) is 0 Å². The molecule has 0 heterocycles. The van der Waals surface area contributed by atoms with Crippen molar-refractivity contribution in [1.29, 1.82) is 0 Å². The van der Waals surface area contributed by atoms with Gasteiger partial charge in [-0.15, -0.1) is 0 Å². The highest BCUT2D eigenvalue weighted by Gasteiger charge is 2.42. The van der Waals surface area contributed by atoms with Crippen LogP contribution in [-0.2, 0) is 5.41 Å². The predicted octanol–water partition coefficient (Wildman–Crippen LogP) is 10.8. The van der Waals surface area contributed by atoms with Crippen LogP contribution in [0.3, 0.4) is 0 Å². The topological polar surface area (TPSA) is 3.24 Å². The lowest BCUT2D eigenvalue weighted by Crippen LogP contribution is -2.40. The van der Waals surface area contributed by atoms with E-state index in [1.807, 2.05) is 33.8 Å². The minimum atomic E-state index is -0.863. The molecule has 4 aromatic carbocycles. The van der Waals surface area contributed by atoms with Gasteiger partial charge in [0.05, 0.1) is 0 Å². The van der Waals surface area contributed by atoms with Crippen molar-refractivity contribution < 1.29 is 2.74 Å². The van der Waals surface area contributed by atoms with Crippen molar-refractivity contribution in [3.05, 3.63) is 107 Å². The summed E-state index contributed by atoms with van der Waals surface area (Å²) in [5, 5.41) is 0. The van der Waals surface area contributed by atoms with Crippen molar-refractivity contribution in [3.63, 3.8) is 0 Å². The fourth-order valence-corrected chi connectivity index (χ4v) is 6.41. The van der Waals surface area contributed by atoms with Gasteiger partial charge in [-0.1, -0.05) is 120 Å². The van der Waals surface area contributed by atoms with Gasteiger partial charge < -0.3 is 4.90 Å². The number of rotatable bonds is 5. The average molecular weight is 504 g/mol. The number of benzene rings is 4. The van der Waals surface area contributed by atoms with E-state index in [0.29, 0.717) is 0 Å². The summed E-state index contributed by atoms with van der Waals surface area (Å²) in [6.07, 6.45) is 0. The Bertz CT molecular complexity index is 1560. The number of anilines is 2. The van der Waals surface area contributed by atoms with E-state index in [4.69, 9.17) is 0 Å². The Hall–Kier alpha value is -3.32. The van der Waals surface area contributed by atoms with E-state index in [1.54, 1.807) is 0 Å². The molecule has 0 radical (unpaired) electrons. The molecule has 5 rings (SSSR count). The summed E-state index contributed by atoms with van der Waals surface area (Å²) < 4.78 is 18.7. The second-order valence-corrected chi connectivity index (χ2v) is 12.6. The van der Waals surface area contributed by atoms with Crippen LogP contribution >= 0.6 is 0 Å². The van der Waals surface area contributed by atoms with Crippen LogP contribution in [-0.4, -0.2) is 5.54 Å². The molecule has 38 heavy (non-hydrogen) atoms. The highest BCUT2D eigenvalue weighted by molar-refractivity contribution is 5.91. The predicted molar refractivity (Wildman–Crippen MR) is 166 cm³/mol. The SMILES string of the molecule is [2H]C(C)(C)c1ccc2c(c1N(c1cccc(-c3ccccc3)c1C([2H])(C)C)C(C)(C)C)C(C)(C)c1ccccc1-2. The molecule has 1 aliphatic rings. The first-order valence-corrected chi connectivity index (χ1v) is 13.8. The molecule has 0 unspecified atom stereocenters. The Balaban J connectivity index is 1.94. The van der Waals surface area contributed by atoms with E-state index in [9.17, 15) is 2.74 Å². The summed E-state index contributed by atoms with van der Waals surface area (Å²) in [6, 6.07) is 30.0. The van der Waals surface area contributed by atoms with Crippen molar-refractivity contribution in [2.24, 2.45) is 0 Å². The molecule has 0 saturated heterocycles. The maximum Gasteiger partial charge on any atom is 0.0498 e. The first kappa shape index (κ1) is 23.8. The van der Waals surface area contributed by atoms with E-state index < -0.39 is 11.8 Å². The van der Waals surface area contributed by atoms with Crippen LogP contribution in [0.25, 0.3) is 22.3 Å². The van der Waals surface area contributed by atoms with Crippen LogP contribution in [0.5, 0.6) is 0 Å². The molecule has 1 aliphatic carbocycles. The molecule has 0 amide bonds. The van der Waals surface area contributed by atoms with Gasteiger partial charge in [-0.05, 0) is 83.1 Å². The van der Waals surface area contributed by atoms with Crippen LogP contribution in [0.4, 0.5) is 11.4 Å². The van der Waals surface area contributed by atoms with Gasteiger partial charge in [-0.3, -0.25) is 0 Å². The van der Waals surface area contributed by atoms with Crippen LogP contribution in [0.1, 0.15) is 99.1 Å². The molecule has 0 saturated carbocycles. The minimum absolute atomic E-state index is 0.250. The van der Waals surface area contributed by atoms with E-state index in [-0.39, 0.29) is 11.0 Å². The monoisotopic (exact) mass is 503 g/mol. The van der Waals surface area contributed by atoms with Crippen LogP contribution < -0.4 is 4.90 Å². The minimum Gasteiger partial charge on any atom is -0.335 e. The first-order valence-electron chi connectivity index (χ1n) is 14.8. The Morgan fingerprint density at radius 2 is 1.32 bits per heavy atom. The molecule has 196 valence electrons. The summed E-state index contributed by atoms with van der Waals surface area (Å²) in [6.45, 7) is 19.3. The summed E-state index contributed by atoms with van der Waals surface area (Å²) >= 11 is 0. The zero-order chi connectivity index (χ0) is 29.3. The molecular formula is C37H43N. The third kappa shape index (κ3) is 4.17. The molecule has 4 aromatic rings. The molecule has 0 N–H and O–H groups in total. The lowest BCUT2D eigenvalue weighted by molar-refractivity contribution is 0.547. The fraction of sp³-hybridized carbons (Fsp3) is 0.351. The second-order valence-electron chi connectivity index (χ2n) is 12.6. The third-order valence-electron chi connectivity index (χ3n) is 7.99. The smallest absolute Gasteiger partial charge is 0.0498 e. The van der Waals surface area contributed by atoms with E-state index >= 15 is 0 Å². The molecule has 1 nitrogen and oxygen atoms in total. The Morgan fingerprint density at radius 1 is 0.684 bits per heavy atom. The molecule has 0 bridgehead atoms. The van der Waals surface area contributed by atoms with Crippen molar-refractivity contribution in [1.82, 2.24) is 0 Å². The van der Waals surface area contributed by atoms with Gasteiger partial charge in [0.2, 0.25) is 0 Å². The van der Waals surface area contributed by atoms with Gasteiger partial charge >= 0.3 is 0 Å². The van der Waals surface area contributed by atoms with Crippen molar-refractivity contribution >= 4 is 11.4 Å². The number of hydrogen-bond donors (Lipinski definition) is 0. The van der Waals surface area contributed by atoms with Gasteiger partial charge in [0.25, 0.3) is 0 Å². The Morgan fingerprint density at radius 3 is 1.95 bits per heavy atom. The molecule has 0 aliphatic heterocycles. The molecule has 0 atom stereocenters. The number of nitrogens with zero attached hydrogens (tertiary/aromatic N) is 1. The van der Waals surface area contributed by atoms with Crippen molar-refractivity contribution in [3.8, 4) is 22.3 Å². The number of hydrogen-bond acceptors (Lipinski definition) is 1. The zero-order valence-corrected chi connectivity index (χ0v) is 24.5. The molecule has 0 fully saturated rings. The summed E-state index contributed by atoms with van der Waals surface area (Å²) in [4.78, 5) is 2.45. The van der Waals surface area contributed by atoms with Gasteiger partial charge in [0, 0.05) is 25.1 Å².